The van der Waals surface area contributed by atoms with E-state index in [9.17, 15) is 14.9 Å². The molecule has 1 amide bonds. The van der Waals surface area contributed by atoms with Gasteiger partial charge in [-0.25, -0.2) is 0 Å². The molecule has 0 unspecified atom stereocenters. The highest BCUT2D eigenvalue weighted by Gasteiger charge is 2.11. The topological polar surface area (TPSA) is 92.3 Å². The van der Waals surface area contributed by atoms with Gasteiger partial charge in [-0.05, 0) is 54.1 Å². The summed E-state index contributed by atoms with van der Waals surface area (Å²) in [7, 11) is 1.54. The van der Waals surface area contributed by atoms with E-state index in [0.29, 0.717) is 33.7 Å². The maximum Gasteiger partial charge on any atom is 0.266 e. The Balaban J connectivity index is 1.56. The molecule has 6 nitrogen and oxygen atoms in total. The summed E-state index contributed by atoms with van der Waals surface area (Å²) < 4.78 is 11.0. The van der Waals surface area contributed by atoms with Gasteiger partial charge in [0.1, 0.15) is 28.7 Å². The summed E-state index contributed by atoms with van der Waals surface area (Å²) in [6, 6.07) is 24.4. The number of benzene rings is 3. The first-order chi connectivity index (χ1) is 15.6. The van der Waals surface area contributed by atoms with Crippen LogP contribution in [0.3, 0.4) is 0 Å². The van der Waals surface area contributed by atoms with Crippen LogP contribution in [-0.2, 0) is 4.79 Å². The summed E-state index contributed by atoms with van der Waals surface area (Å²) in [5, 5.41) is 12.5. The molecule has 6 heteroatoms. The minimum absolute atomic E-state index is 0.00349. The van der Waals surface area contributed by atoms with Gasteiger partial charge in [0, 0.05) is 17.3 Å². The van der Waals surface area contributed by atoms with Gasteiger partial charge in [0.15, 0.2) is 5.43 Å². The fourth-order valence-corrected chi connectivity index (χ4v) is 3.19. The summed E-state index contributed by atoms with van der Waals surface area (Å²) in [6.07, 6.45) is 1.53. The SMILES string of the molecule is COc1ccc2oc(-c3ccc(NC(=O)/C(C#N)=C/c4ccccc4)cc3)cc(=O)c2c1. The Morgan fingerprint density at radius 2 is 1.78 bits per heavy atom. The van der Waals surface area contributed by atoms with Crippen molar-refractivity contribution in [2.45, 2.75) is 0 Å². The second kappa shape index (κ2) is 9.02. The Morgan fingerprint density at radius 3 is 2.47 bits per heavy atom. The number of carbonyl (C=O) groups is 1. The minimum atomic E-state index is -0.504. The summed E-state index contributed by atoms with van der Waals surface area (Å²) in [5.74, 6) is 0.484. The number of amides is 1. The second-order valence-electron chi connectivity index (χ2n) is 6.95. The van der Waals surface area contributed by atoms with Crippen molar-refractivity contribution in [3.8, 4) is 23.1 Å². The van der Waals surface area contributed by atoms with Crippen LogP contribution >= 0.6 is 0 Å². The highest BCUT2D eigenvalue weighted by molar-refractivity contribution is 6.09. The van der Waals surface area contributed by atoms with Crippen molar-refractivity contribution < 1.29 is 13.9 Å². The van der Waals surface area contributed by atoms with Crippen LogP contribution in [0.25, 0.3) is 28.4 Å². The molecule has 0 aliphatic heterocycles. The quantitative estimate of drug-likeness (QED) is 0.360. The van der Waals surface area contributed by atoms with Crippen molar-refractivity contribution in [1.82, 2.24) is 0 Å². The number of hydrogen-bond donors (Lipinski definition) is 1. The zero-order valence-electron chi connectivity index (χ0n) is 17.2. The molecule has 3 aromatic carbocycles. The average molecular weight is 422 g/mol. The molecule has 0 radical (unpaired) electrons. The van der Waals surface area contributed by atoms with Gasteiger partial charge in [-0.1, -0.05) is 30.3 Å². The third kappa shape index (κ3) is 4.42. The van der Waals surface area contributed by atoms with Crippen LogP contribution in [0, 0.1) is 11.3 Å². The molecule has 4 aromatic rings. The van der Waals surface area contributed by atoms with Crippen molar-refractivity contribution in [3.63, 3.8) is 0 Å². The van der Waals surface area contributed by atoms with E-state index in [2.05, 4.69) is 5.32 Å². The summed E-state index contributed by atoms with van der Waals surface area (Å²) in [6.45, 7) is 0. The van der Waals surface area contributed by atoms with Gasteiger partial charge in [-0.2, -0.15) is 5.26 Å². The lowest BCUT2D eigenvalue weighted by Gasteiger charge is -2.07. The van der Waals surface area contributed by atoms with E-state index in [-0.39, 0.29) is 11.0 Å². The molecule has 4 rings (SSSR count). The number of nitriles is 1. The van der Waals surface area contributed by atoms with E-state index in [1.54, 1.807) is 42.5 Å². The van der Waals surface area contributed by atoms with Gasteiger partial charge in [0.2, 0.25) is 0 Å². The highest BCUT2D eigenvalue weighted by atomic mass is 16.5. The van der Waals surface area contributed by atoms with E-state index >= 15 is 0 Å². The molecule has 0 saturated carbocycles. The molecule has 0 aliphatic carbocycles. The number of ether oxygens (including phenoxy) is 1. The zero-order valence-corrected chi connectivity index (χ0v) is 17.2. The number of hydrogen-bond acceptors (Lipinski definition) is 5. The van der Waals surface area contributed by atoms with Gasteiger partial charge in [0.25, 0.3) is 5.91 Å². The Kier molecular flexibility index (Phi) is 5.82. The molecule has 32 heavy (non-hydrogen) atoms. The average Bonchev–Trinajstić information content (AvgIpc) is 2.83. The van der Waals surface area contributed by atoms with Gasteiger partial charge in [0.05, 0.1) is 12.5 Å². The van der Waals surface area contributed by atoms with Crippen LogP contribution < -0.4 is 15.5 Å². The van der Waals surface area contributed by atoms with E-state index in [4.69, 9.17) is 9.15 Å². The van der Waals surface area contributed by atoms with Crippen molar-refractivity contribution in [2.24, 2.45) is 0 Å². The van der Waals surface area contributed by atoms with Crippen molar-refractivity contribution in [1.29, 1.82) is 5.26 Å². The van der Waals surface area contributed by atoms with Crippen molar-refractivity contribution in [3.05, 3.63) is 100 Å². The molecule has 1 aromatic heterocycles. The van der Waals surface area contributed by atoms with Crippen LogP contribution in [0.1, 0.15) is 5.56 Å². The zero-order chi connectivity index (χ0) is 22.5. The van der Waals surface area contributed by atoms with Gasteiger partial charge in [-0.3, -0.25) is 9.59 Å². The first kappa shape index (κ1) is 20.6. The van der Waals surface area contributed by atoms with E-state index in [1.165, 1.54) is 19.3 Å². The molecule has 0 saturated heterocycles. The fourth-order valence-electron chi connectivity index (χ4n) is 3.19. The van der Waals surface area contributed by atoms with Crippen LogP contribution in [0.4, 0.5) is 5.69 Å². The predicted octanol–water partition coefficient (Wildman–Crippen LogP) is 5.01. The largest absolute Gasteiger partial charge is 0.497 e. The fraction of sp³-hybridized carbons (Fsp3) is 0.0385. The lowest BCUT2D eigenvalue weighted by atomic mass is 10.1. The number of nitrogens with zero attached hydrogens (tertiary/aromatic N) is 1. The molecule has 0 atom stereocenters. The number of nitrogens with one attached hydrogen (secondary N) is 1. The normalized spacial score (nSPS) is 11.1. The van der Waals surface area contributed by atoms with Crippen molar-refractivity contribution >= 4 is 28.6 Å². The van der Waals surface area contributed by atoms with Gasteiger partial charge in [-0.15, -0.1) is 0 Å². The van der Waals surface area contributed by atoms with Crippen molar-refractivity contribution in [2.75, 3.05) is 12.4 Å². The lowest BCUT2D eigenvalue weighted by molar-refractivity contribution is -0.112. The van der Waals surface area contributed by atoms with Crippen LogP contribution in [0.15, 0.2) is 93.6 Å². The van der Waals surface area contributed by atoms with Crippen LogP contribution in [-0.4, -0.2) is 13.0 Å². The minimum Gasteiger partial charge on any atom is -0.497 e. The first-order valence-corrected chi connectivity index (χ1v) is 9.78. The second-order valence-corrected chi connectivity index (χ2v) is 6.95. The molecule has 1 heterocycles. The van der Waals surface area contributed by atoms with E-state index < -0.39 is 5.91 Å². The maximum absolute atomic E-state index is 12.5. The number of rotatable bonds is 5. The Labute approximate surface area is 184 Å². The maximum atomic E-state index is 12.5. The third-order valence-electron chi connectivity index (χ3n) is 4.84. The Bertz CT molecular complexity index is 1410. The lowest BCUT2D eigenvalue weighted by Crippen LogP contribution is -2.13. The smallest absolute Gasteiger partial charge is 0.266 e. The Hall–Kier alpha value is -4.63. The number of methoxy groups -OCH3 is 1. The molecule has 0 fully saturated rings. The molecular weight excluding hydrogens is 404 g/mol. The molecular formula is C26H18N2O4. The number of fused-ring (bicyclic) bond motifs is 1. The predicted molar refractivity (Wildman–Crippen MR) is 123 cm³/mol. The number of carbonyl (C=O) groups excluding carboxylic acids is 1. The van der Waals surface area contributed by atoms with Gasteiger partial charge < -0.3 is 14.5 Å². The first-order valence-electron chi connectivity index (χ1n) is 9.78. The third-order valence-corrected chi connectivity index (χ3v) is 4.84. The number of anilines is 1. The summed E-state index contributed by atoms with van der Waals surface area (Å²) in [5.41, 5.74) is 2.23. The molecule has 0 spiro atoms. The highest BCUT2D eigenvalue weighted by Crippen LogP contribution is 2.25. The monoisotopic (exact) mass is 422 g/mol. The summed E-state index contributed by atoms with van der Waals surface area (Å²) >= 11 is 0. The molecule has 156 valence electrons. The van der Waals surface area contributed by atoms with E-state index in [0.717, 1.165) is 5.56 Å². The summed E-state index contributed by atoms with van der Waals surface area (Å²) in [4.78, 5) is 25.0. The van der Waals surface area contributed by atoms with Gasteiger partial charge >= 0.3 is 0 Å². The molecule has 1 N–H and O–H groups in total. The van der Waals surface area contributed by atoms with E-state index in [1.807, 2.05) is 36.4 Å². The van der Waals surface area contributed by atoms with Crippen LogP contribution in [0.5, 0.6) is 5.75 Å². The Morgan fingerprint density at radius 1 is 1.03 bits per heavy atom. The molecule has 0 bridgehead atoms. The standard InChI is InChI=1S/C26H18N2O4/c1-31-21-11-12-24-22(14-21)23(29)15-25(32-24)18-7-9-20(10-8-18)28-26(30)19(16-27)13-17-5-3-2-4-6-17/h2-15H,1H3,(H,28,30)/b19-13+. The molecule has 0 aliphatic rings. The van der Waals surface area contributed by atoms with Crippen LogP contribution in [0.2, 0.25) is 0 Å².